The summed E-state index contributed by atoms with van der Waals surface area (Å²) in [4.78, 5) is 2.59. The molecular weight excluding hydrogens is 300 g/mol. The fraction of sp³-hybridized carbons (Fsp3) is 0.625. The van der Waals surface area contributed by atoms with E-state index in [1.165, 1.54) is 30.6 Å². The van der Waals surface area contributed by atoms with Gasteiger partial charge in [0.2, 0.25) is 0 Å². The summed E-state index contributed by atoms with van der Waals surface area (Å²) in [5.41, 5.74) is 2.78. The molecule has 1 aliphatic rings. The van der Waals surface area contributed by atoms with Gasteiger partial charge in [-0.1, -0.05) is 22.9 Å². The van der Waals surface area contributed by atoms with Crippen molar-refractivity contribution in [1.82, 2.24) is 5.32 Å². The van der Waals surface area contributed by atoms with Crippen LogP contribution in [0.4, 0.5) is 5.69 Å². The molecule has 1 fully saturated rings. The van der Waals surface area contributed by atoms with E-state index in [4.69, 9.17) is 0 Å². The number of hydrogen-bond acceptors (Lipinski definition) is 2. The summed E-state index contributed by atoms with van der Waals surface area (Å²) in [5.74, 6) is 0.789. The number of nitrogens with one attached hydrogen (secondary N) is 1. The van der Waals surface area contributed by atoms with Crippen molar-refractivity contribution in [2.45, 2.75) is 45.7 Å². The predicted octanol–water partition coefficient (Wildman–Crippen LogP) is 4.35. The van der Waals surface area contributed by atoms with Gasteiger partial charge in [-0.3, -0.25) is 0 Å². The quantitative estimate of drug-likeness (QED) is 0.888. The maximum atomic E-state index is 3.60. The van der Waals surface area contributed by atoms with E-state index in [1.54, 1.807) is 0 Å². The number of halogens is 1. The van der Waals surface area contributed by atoms with Crippen molar-refractivity contribution in [3.63, 3.8) is 0 Å². The van der Waals surface area contributed by atoms with Crippen LogP contribution in [0.2, 0.25) is 0 Å². The Balaban J connectivity index is 2.37. The first-order valence-corrected chi connectivity index (χ1v) is 8.05. The molecule has 0 radical (unpaired) electrons. The molecule has 0 amide bonds. The maximum absolute atomic E-state index is 3.60. The van der Waals surface area contributed by atoms with E-state index in [0.717, 1.165) is 10.4 Å². The molecule has 1 saturated heterocycles. The van der Waals surface area contributed by atoms with Gasteiger partial charge >= 0.3 is 0 Å². The third-order valence-electron chi connectivity index (χ3n) is 4.32. The van der Waals surface area contributed by atoms with Crippen LogP contribution in [0.25, 0.3) is 0 Å². The summed E-state index contributed by atoms with van der Waals surface area (Å²) in [6.45, 7) is 8.11. The van der Waals surface area contributed by atoms with Crippen LogP contribution < -0.4 is 10.2 Å². The molecule has 1 heterocycles. The molecule has 106 valence electrons. The Morgan fingerprint density at radius 2 is 2.05 bits per heavy atom. The van der Waals surface area contributed by atoms with Gasteiger partial charge in [0.25, 0.3) is 0 Å². The number of piperidine rings is 1. The van der Waals surface area contributed by atoms with Crippen LogP contribution in [-0.2, 0) is 0 Å². The molecule has 0 saturated carbocycles. The number of benzene rings is 1. The van der Waals surface area contributed by atoms with E-state index in [9.17, 15) is 0 Å². The topological polar surface area (TPSA) is 15.3 Å². The summed E-state index contributed by atoms with van der Waals surface area (Å²) >= 11 is 3.60. The van der Waals surface area contributed by atoms with Crippen LogP contribution in [0.15, 0.2) is 22.7 Å². The second-order valence-corrected chi connectivity index (χ2v) is 6.81. The van der Waals surface area contributed by atoms with E-state index < -0.39 is 0 Å². The Labute approximate surface area is 125 Å². The minimum atomic E-state index is 0.372. The molecule has 19 heavy (non-hydrogen) atoms. The summed E-state index contributed by atoms with van der Waals surface area (Å²) in [6, 6.07) is 7.69. The molecule has 0 aliphatic carbocycles. The van der Waals surface area contributed by atoms with Crippen molar-refractivity contribution in [2.24, 2.45) is 5.92 Å². The average molecular weight is 325 g/mol. The second kappa shape index (κ2) is 6.27. The standard InChI is InChI=1S/C16H25BrN2/c1-11-5-6-12(2)19(10-11)16-8-7-14(17)9-15(16)13(3)18-4/h7-9,11-13,18H,5-6,10H2,1-4H3. The monoisotopic (exact) mass is 324 g/mol. The molecule has 1 aromatic carbocycles. The van der Waals surface area contributed by atoms with Crippen LogP contribution >= 0.6 is 15.9 Å². The largest absolute Gasteiger partial charge is 0.368 e. The van der Waals surface area contributed by atoms with Gasteiger partial charge in [0, 0.05) is 28.8 Å². The molecule has 3 unspecified atom stereocenters. The average Bonchev–Trinajstić information content (AvgIpc) is 2.41. The molecule has 0 bridgehead atoms. The van der Waals surface area contributed by atoms with Crippen molar-refractivity contribution < 1.29 is 0 Å². The van der Waals surface area contributed by atoms with Gasteiger partial charge in [0.15, 0.2) is 0 Å². The second-order valence-electron chi connectivity index (χ2n) is 5.90. The highest BCUT2D eigenvalue weighted by atomic mass is 79.9. The van der Waals surface area contributed by atoms with Gasteiger partial charge in [0.1, 0.15) is 0 Å². The van der Waals surface area contributed by atoms with Crippen LogP contribution in [0, 0.1) is 5.92 Å². The molecular formula is C16H25BrN2. The zero-order valence-electron chi connectivity index (χ0n) is 12.4. The van der Waals surface area contributed by atoms with E-state index in [2.05, 4.69) is 65.1 Å². The zero-order chi connectivity index (χ0) is 14.0. The molecule has 2 nitrogen and oxygen atoms in total. The van der Waals surface area contributed by atoms with Crippen molar-refractivity contribution in [3.05, 3.63) is 28.2 Å². The Morgan fingerprint density at radius 1 is 1.32 bits per heavy atom. The minimum Gasteiger partial charge on any atom is -0.368 e. The first-order valence-electron chi connectivity index (χ1n) is 7.26. The highest BCUT2D eigenvalue weighted by Gasteiger charge is 2.25. The van der Waals surface area contributed by atoms with E-state index >= 15 is 0 Å². The summed E-state index contributed by atoms with van der Waals surface area (Å²) in [7, 11) is 2.03. The molecule has 1 aliphatic heterocycles. The Kier molecular flexibility index (Phi) is 4.91. The van der Waals surface area contributed by atoms with Crippen molar-refractivity contribution in [3.8, 4) is 0 Å². The first-order chi connectivity index (χ1) is 9.02. The molecule has 3 atom stereocenters. The van der Waals surface area contributed by atoms with Crippen molar-refractivity contribution in [2.75, 3.05) is 18.5 Å². The van der Waals surface area contributed by atoms with Crippen molar-refractivity contribution >= 4 is 21.6 Å². The number of rotatable bonds is 3. The van der Waals surface area contributed by atoms with Crippen LogP contribution in [-0.4, -0.2) is 19.6 Å². The molecule has 1 N–H and O–H groups in total. The SMILES string of the molecule is CNC(C)c1cc(Br)ccc1N1CC(C)CCC1C. The maximum Gasteiger partial charge on any atom is 0.0417 e. The van der Waals surface area contributed by atoms with Gasteiger partial charge in [-0.25, -0.2) is 0 Å². The molecule has 0 spiro atoms. The lowest BCUT2D eigenvalue weighted by Crippen LogP contribution is -2.41. The Bertz CT molecular complexity index is 433. The van der Waals surface area contributed by atoms with E-state index in [0.29, 0.717) is 12.1 Å². The van der Waals surface area contributed by atoms with Gasteiger partial charge < -0.3 is 10.2 Å². The molecule has 1 aromatic rings. The van der Waals surface area contributed by atoms with Gasteiger partial charge in [-0.2, -0.15) is 0 Å². The van der Waals surface area contributed by atoms with E-state index in [-0.39, 0.29) is 0 Å². The molecule has 2 rings (SSSR count). The van der Waals surface area contributed by atoms with E-state index in [1.807, 2.05) is 7.05 Å². The molecule has 3 heteroatoms. The highest BCUT2D eigenvalue weighted by molar-refractivity contribution is 9.10. The fourth-order valence-electron chi connectivity index (χ4n) is 2.91. The third-order valence-corrected chi connectivity index (χ3v) is 4.81. The minimum absolute atomic E-state index is 0.372. The van der Waals surface area contributed by atoms with Gasteiger partial charge in [-0.05, 0) is 63.4 Å². The van der Waals surface area contributed by atoms with Gasteiger partial charge in [0.05, 0.1) is 0 Å². The van der Waals surface area contributed by atoms with Crippen LogP contribution in [0.5, 0.6) is 0 Å². The van der Waals surface area contributed by atoms with Crippen LogP contribution in [0.1, 0.15) is 45.2 Å². The zero-order valence-corrected chi connectivity index (χ0v) is 14.0. The predicted molar refractivity (Wildman–Crippen MR) is 86.8 cm³/mol. The first kappa shape index (κ1) is 14.9. The lowest BCUT2D eigenvalue weighted by atomic mass is 9.93. The number of nitrogens with zero attached hydrogens (tertiary/aromatic N) is 1. The summed E-state index contributed by atoms with van der Waals surface area (Å²) in [6.07, 6.45) is 2.65. The summed E-state index contributed by atoms with van der Waals surface area (Å²) in [5, 5.41) is 3.37. The lowest BCUT2D eigenvalue weighted by molar-refractivity contribution is 0.389. The fourth-order valence-corrected chi connectivity index (χ4v) is 3.29. The smallest absolute Gasteiger partial charge is 0.0417 e. The lowest BCUT2D eigenvalue weighted by Gasteiger charge is -2.40. The van der Waals surface area contributed by atoms with Crippen molar-refractivity contribution in [1.29, 1.82) is 0 Å². The van der Waals surface area contributed by atoms with Crippen LogP contribution in [0.3, 0.4) is 0 Å². The number of anilines is 1. The highest BCUT2D eigenvalue weighted by Crippen LogP contribution is 2.34. The molecule has 0 aromatic heterocycles. The summed E-state index contributed by atoms with van der Waals surface area (Å²) < 4.78 is 1.16. The third kappa shape index (κ3) is 3.32. The Hall–Kier alpha value is -0.540. The number of hydrogen-bond donors (Lipinski definition) is 1. The Morgan fingerprint density at radius 3 is 2.74 bits per heavy atom. The van der Waals surface area contributed by atoms with Gasteiger partial charge in [-0.15, -0.1) is 0 Å². The normalized spacial score (nSPS) is 25.4.